The third-order valence-electron chi connectivity index (χ3n) is 7.07. The predicted molar refractivity (Wildman–Crippen MR) is 182 cm³/mol. The van der Waals surface area contributed by atoms with Crippen molar-refractivity contribution in [2.75, 3.05) is 0 Å². The van der Waals surface area contributed by atoms with E-state index in [2.05, 4.69) is 107 Å². The summed E-state index contributed by atoms with van der Waals surface area (Å²) < 4.78 is 0. The van der Waals surface area contributed by atoms with Crippen LogP contribution < -0.4 is 5.19 Å². The molecule has 3 nitrogen and oxygen atoms in total. The fourth-order valence-electron chi connectivity index (χ4n) is 4.71. The van der Waals surface area contributed by atoms with Crippen molar-refractivity contribution in [3.8, 4) is 33.8 Å². The summed E-state index contributed by atoms with van der Waals surface area (Å²) in [5.74, 6) is 0.752. The van der Waals surface area contributed by atoms with Crippen LogP contribution in [0, 0.1) is 24.3 Å². The van der Waals surface area contributed by atoms with E-state index in [1.165, 1.54) is 21.3 Å². The summed E-state index contributed by atoms with van der Waals surface area (Å²) in [4.78, 5) is 13.2. The van der Waals surface area contributed by atoms with Gasteiger partial charge in [-0.2, -0.15) is 5.56 Å². The Morgan fingerprint density at radius 3 is 2.04 bits per heavy atom. The van der Waals surface area contributed by atoms with E-state index < -0.39 is 8.07 Å². The van der Waals surface area contributed by atoms with Gasteiger partial charge in [0.1, 0.15) is 0 Å². The minimum atomic E-state index is -1.29. The molecule has 0 amide bonds. The van der Waals surface area contributed by atoms with Gasteiger partial charge >= 0.3 is 0 Å². The van der Waals surface area contributed by atoms with Gasteiger partial charge in [-0.05, 0) is 22.0 Å². The maximum Gasteiger partial charge on any atom is 0.0815 e. The molecule has 0 atom stereocenters. The normalized spacial score (nSPS) is 10.5. The van der Waals surface area contributed by atoms with Crippen LogP contribution in [0.2, 0.25) is 19.6 Å². The minimum absolute atomic E-state index is 0. The average Bonchev–Trinajstić information content (AvgIpc) is 3.05. The molecule has 7 aromatic rings. The number of hydrogen-bond acceptors (Lipinski definition) is 3. The van der Waals surface area contributed by atoms with Gasteiger partial charge in [0.05, 0.1) is 13.9 Å². The molecular weight excluding hydrogens is 818 g/mol. The van der Waals surface area contributed by atoms with Crippen molar-refractivity contribution in [1.82, 2.24) is 15.0 Å². The van der Waals surface area contributed by atoms with Crippen LogP contribution in [0.3, 0.4) is 0 Å². The molecule has 219 valence electrons. The predicted octanol–water partition coefficient (Wildman–Crippen LogP) is 8.23. The number of nitrogens with zero attached hydrogens (tertiary/aromatic N) is 3. The summed E-state index contributed by atoms with van der Waals surface area (Å²) in [7, 11) is -1.29. The van der Waals surface area contributed by atoms with Crippen molar-refractivity contribution in [3.05, 3.63) is 146 Å². The number of benzene rings is 5. The van der Waals surface area contributed by atoms with E-state index in [1.807, 2.05) is 67.0 Å². The molecular formula is C38H29BIrN3SiY-4. The Balaban J connectivity index is 0.000000254. The van der Waals surface area contributed by atoms with E-state index in [4.69, 9.17) is 0 Å². The van der Waals surface area contributed by atoms with Crippen LogP contribution in [-0.4, -0.2) is 31.4 Å². The van der Waals surface area contributed by atoms with Gasteiger partial charge in [-0.1, -0.05) is 67.1 Å². The van der Waals surface area contributed by atoms with Gasteiger partial charge in [-0.3, -0.25) is 33.2 Å². The van der Waals surface area contributed by atoms with E-state index in [9.17, 15) is 0 Å². The first-order chi connectivity index (χ1) is 20.5. The first kappa shape index (κ1) is 36.4. The molecule has 5 aromatic carbocycles. The van der Waals surface area contributed by atoms with Crippen LogP contribution in [0.4, 0.5) is 0 Å². The van der Waals surface area contributed by atoms with Gasteiger partial charge < -0.3 is 11.1 Å². The molecule has 0 saturated carbocycles. The Morgan fingerprint density at radius 2 is 1.33 bits per heavy atom. The van der Waals surface area contributed by atoms with Gasteiger partial charge in [0.15, 0.2) is 0 Å². The number of aromatic nitrogens is 3. The van der Waals surface area contributed by atoms with E-state index in [-0.39, 0.29) is 61.2 Å². The Kier molecular flexibility index (Phi) is 13.3. The topological polar surface area (TPSA) is 38.7 Å². The van der Waals surface area contributed by atoms with E-state index in [0.717, 1.165) is 39.2 Å². The van der Waals surface area contributed by atoms with E-state index in [1.54, 1.807) is 6.20 Å². The molecule has 0 fully saturated rings. The van der Waals surface area contributed by atoms with Gasteiger partial charge in [-0.15, -0.1) is 71.6 Å². The van der Waals surface area contributed by atoms with Crippen LogP contribution >= 0.6 is 0 Å². The Labute approximate surface area is 307 Å². The summed E-state index contributed by atoms with van der Waals surface area (Å²) in [6.07, 6.45) is 5.70. The summed E-state index contributed by atoms with van der Waals surface area (Å²) in [5.41, 5.74) is 4.72. The second-order valence-corrected chi connectivity index (χ2v) is 16.1. The van der Waals surface area contributed by atoms with Crippen molar-refractivity contribution in [3.63, 3.8) is 0 Å². The molecule has 2 heterocycles. The van der Waals surface area contributed by atoms with E-state index >= 15 is 0 Å². The summed E-state index contributed by atoms with van der Waals surface area (Å²) in [6.45, 7) is 6.88. The van der Waals surface area contributed by atoms with Crippen molar-refractivity contribution >= 4 is 43.2 Å². The Hall–Kier alpha value is -3.11. The maximum atomic E-state index is 4.41. The van der Waals surface area contributed by atoms with Crippen LogP contribution in [0.25, 0.3) is 55.3 Å². The smallest absolute Gasteiger partial charge is 0.0815 e. The van der Waals surface area contributed by atoms with E-state index in [0.29, 0.717) is 0 Å². The summed E-state index contributed by atoms with van der Waals surface area (Å²) in [6, 6.07) is 47.9. The number of fused-ring (bicyclic) bond motifs is 3. The molecule has 2 aromatic heterocycles. The summed E-state index contributed by atoms with van der Waals surface area (Å²) >= 11 is 0. The molecule has 0 aliphatic carbocycles. The SMILES string of the molecule is C[Si](C)(C)c1cnc(-c2[c-]cccc2)nc1.[B].[Ir].[Y].[c-]1ccc(-c2[c-]c3ccc4ccccc4c3cc2)[c-]c1-c1ccccn1. The molecule has 7 rings (SSSR count). The largest absolute Gasteiger partial charge is 0.352 e. The molecule has 45 heavy (non-hydrogen) atoms. The third-order valence-corrected chi connectivity index (χ3v) is 9.06. The zero-order chi connectivity index (χ0) is 28.9. The van der Waals surface area contributed by atoms with Crippen LogP contribution in [0.5, 0.6) is 0 Å². The van der Waals surface area contributed by atoms with Gasteiger partial charge in [0.2, 0.25) is 0 Å². The molecule has 0 saturated heterocycles. The van der Waals surface area contributed by atoms with Crippen molar-refractivity contribution in [2.24, 2.45) is 0 Å². The first-order valence-electron chi connectivity index (χ1n) is 13.9. The molecule has 0 bridgehead atoms. The van der Waals surface area contributed by atoms with Gasteiger partial charge in [-0.25, -0.2) is 6.07 Å². The molecule has 0 spiro atoms. The quantitative estimate of drug-likeness (QED) is 0.102. The molecule has 0 aliphatic rings. The van der Waals surface area contributed by atoms with Crippen molar-refractivity contribution in [2.45, 2.75) is 19.6 Å². The number of hydrogen-bond donors (Lipinski definition) is 0. The van der Waals surface area contributed by atoms with Crippen molar-refractivity contribution < 1.29 is 52.8 Å². The van der Waals surface area contributed by atoms with Gasteiger partial charge in [0, 0.05) is 79.8 Å². The standard InChI is InChI=1S/C25H14N.C13H15N2Si.B.Ir.Y/c1-2-9-23-18(6-1)11-12-21-16-20(13-14-24(21)23)19-7-5-8-22(17-19)25-10-3-4-15-26-25;1-16(2,3)12-9-14-13(15-10-12)11-7-5-4-6-8-11;;;/h1-7,9-15H;4-7,9-10H,1-3H3;;;/q-3;-1;;;. The first-order valence-corrected chi connectivity index (χ1v) is 17.4. The summed E-state index contributed by atoms with van der Waals surface area (Å²) in [5, 5.41) is 6.13. The van der Waals surface area contributed by atoms with Crippen LogP contribution in [0.15, 0.2) is 122 Å². The van der Waals surface area contributed by atoms with Crippen molar-refractivity contribution in [1.29, 1.82) is 0 Å². The zero-order valence-electron chi connectivity index (χ0n) is 25.4. The van der Waals surface area contributed by atoms with Crippen LogP contribution in [0.1, 0.15) is 0 Å². The maximum absolute atomic E-state index is 4.41. The second kappa shape index (κ2) is 16.4. The monoisotopic (exact) mass is 848 g/mol. The fraction of sp³-hybridized carbons (Fsp3) is 0.0789. The van der Waals surface area contributed by atoms with Crippen LogP contribution in [-0.2, 0) is 52.8 Å². The van der Waals surface area contributed by atoms with Gasteiger partial charge in [0.25, 0.3) is 0 Å². The zero-order valence-corrected chi connectivity index (χ0v) is 31.6. The molecule has 7 heteroatoms. The molecule has 0 aliphatic heterocycles. The molecule has 5 radical (unpaired) electrons. The third kappa shape index (κ3) is 8.79. The minimum Gasteiger partial charge on any atom is -0.352 e. The fourth-order valence-corrected chi connectivity index (χ4v) is 5.61. The molecule has 0 N–H and O–H groups in total. The Bertz CT molecular complexity index is 1970. The second-order valence-electron chi connectivity index (χ2n) is 11.0. The number of rotatable bonds is 4. The molecule has 0 unspecified atom stereocenters. The number of pyridine rings is 1. The Morgan fingerprint density at radius 1 is 0.600 bits per heavy atom. The average molecular weight is 848 g/mol.